The Hall–Kier alpha value is -1.98. The van der Waals surface area contributed by atoms with Crippen LogP contribution in [0.3, 0.4) is 0 Å². The molecule has 5 nitrogen and oxygen atoms in total. The second-order valence-electron chi connectivity index (χ2n) is 5.48. The van der Waals surface area contributed by atoms with Gasteiger partial charge in [-0.05, 0) is 45.4 Å². The third-order valence-corrected chi connectivity index (χ3v) is 2.27. The Morgan fingerprint density at radius 3 is 2.60 bits per heavy atom. The van der Waals surface area contributed by atoms with E-state index in [1.807, 2.05) is 20.8 Å². The van der Waals surface area contributed by atoms with E-state index >= 15 is 0 Å². The van der Waals surface area contributed by atoms with Crippen molar-refractivity contribution in [2.75, 3.05) is 24.1 Å². The van der Waals surface area contributed by atoms with Crippen molar-refractivity contribution in [3.05, 3.63) is 24.0 Å². The summed E-state index contributed by atoms with van der Waals surface area (Å²) in [7, 11) is 0. The number of ether oxygens (including phenoxy) is 1. The van der Waals surface area contributed by atoms with Crippen molar-refractivity contribution in [3.63, 3.8) is 0 Å². The molecule has 0 fully saturated rings. The number of hydrogen-bond donors (Lipinski definition) is 3. The molecule has 20 heavy (non-hydrogen) atoms. The first kappa shape index (κ1) is 16.1. The summed E-state index contributed by atoms with van der Waals surface area (Å²) in [6.45, 7) is 6.50. The molecular formula is C14H22FN3O2. The summed E-state index contributed by atoms with van der Waals surface area (Å²) in [6, 6.07) is 4.29. The number of benzene rings is 1. The van der Waals surface area contributed by atoms with E-state index in [2.05, 4.69) is 10.6 Å². The number of nitrogen functional groups attached to an aromatic ring is 1. The molecule has 0 aromatic heterocycles. The van der Waals surface area contributed by atoms with E-state index in [0.29, 0.717) is 30.9 Å². The highest BCUT2D eigenvalue weighted by atomic mass is 19.1. The minimum Gasteiger partial charge on any atom is -0.444 e. The number of carbonyl (C=O) groups excluding carboxylic acids is 1. The Morgan fingerprint density at radius 1 is 1.30 bits per heavy atom. The van der Waals surface area contributed by atoms with Crippen molar-refractivity contribution in [1.29, 1.82) is 0 Å². The quantitative estimate of drug-likeness (QED) is 0.573. The van der Waals surface area contributed by atoms with Crippen LogP contribution in [0.4, 0.5) is 20.6 Å². The molecule has 0 aliphatic heterocycles. The van der Waals surface area contributed by atoms with Crippen LogP contribution in [0, 0.1) is 5.82 Å². The number of alkyl carbamates (subject to hydrolysis) is 1. The maximum atomic E-state index is 13.1. The molecule has 112 valence electrons. The number of rotatable bonds is 5. The molecule has 0 aliphatic carbocycles. The Bertz CT molecular complexity index is 438. The Balaban J connectivity index is 2.20. The van der Waals surface area contributed by atoms with Gasteiger partial charge in [-0.15, -0.1) is 0 Å². The second-order valence-corrected chi connectivity index (χ2v) is 5.48. The van der Waals surface area contributed by atoms with Crippen LogP contribution >= 0.6 is 0 Å². The molecule has 0 atom stereocenters. The first-order valence-electron chi connectivity index (χ1n) is 6.53. The monoisotopic (exact) mass is 283 g/mol. The van der Waals surface area contributed by atoms with E-state index < -0.39 is 11.7 Å². The lowest BCUT2D eigenvalue weighted by atomic mass is 10.2. The van der Waals surface area contributed by atoms with Crippen LogP contribution in [0.1, 0.15) is 27.2 Å². The number of carbonyl (C=O) groups is 1. The average Bonchev–Trinajstić information content (AvgIpc) is 2.24. The molecule has 0 spiro atoms. The van der Waals surface area contributed by atoms with Gasteiger partial charge in [0.1, 0.15) is 11.4 Å². The van der Waals surface area contributed by atoms with Crippen LogP contribution < -0.4 is 16.4 Å². The molecule has 0 saturated heterocycles. The van der Waals surface area contributed by atoms with E-state index in [0.717, 1.165) is 0 Å². The van der Waals surface area contributed by atoms with Crippen LogP contribution in [0.25, 0.3) is 0 Å². The lowest BCUT2D eigenvalue weighted by molar-refractivity contribution is 0.0528. The van der Waals surface area contributed by atoms with Gasteiger partial charge in [0.15, 0.2) is 0 Å². The zero-order valence-electron chi connectivity index (χ0n) is 12.1. The maximum absolute atomic E-state index is 13.1. The van der Waals surface area contributed by atoms with Gasteiger partial charge in [0.2, 0.25) is 0 Å². The zero-order chi connectivity index (χ0) is 15.2. The first-order chi connectivity index (χ1) is 9.26. The van der Waals surface area contributed by atoms with E-state index in [9.17, 15) is 9.18 Å². The molecule has 0 unspecified atom stereocenters. The molecule has 1 aromatic carbocycles. The zero-order valence-corrected chi connectivity index (χ0v) is 12.1. The maximum Gasteiger partial charge on any atom is 0.407 e. The number of amides is 1. The number of anilines is 2. The molecule has 1 rings (SSSR count). The summed E-state index contributed by atoms with van der Waals surface area (Å²) >= 11 is 0. The standard InChI is InChI=1S/C14H22FN3O2/c1-14(2,3)20-13(19)18-6-4-5-17-12-8-10(15)7-11(16)9-12/h7-9,17H,4-6,16H2,1-3H3,(H,18,19). The second kappa shape index (κ2) is 6.98. The molecule has 0 bridgehead atoms. The summed E-state index contributed by atoms with van der Waals surface area (Å²) in [4.78, 5) is 11.4. The molecule has 6 heteroatoms. The van der Waals surface area contributed by atoms with Crippen LogP contribution in [0.2, 0.25) is 0 Å². The van der Waals surface area contributed by atoms with Crippen molar-refractivity contribution in [2.45, 2.75) is 32.8 Å². The molecule has 0 radical (unpaired) electrons. The van der Waals surface area contributed by atoms with Gasteiger partial charge in [-0.3, -0.25) is 0 Å². The summed E-state index contributed by atoms with van der Waals surface area (Å²) in [5.74, 6) is -0.376. The number of nitrogens with two attached hydrogens (primary N) is 1. The van der Waals surface area contributed by atoms with Gasteiger partial charge < -0.3 is 21.1 Å². The topological polar surface area (TPSA) is 76.4 Å². The minimum absolute atomic E-state index is 0.374. The van der Waals surface area contributed by atoms with Crippen LogP contribution in [0.5, 0.6) is 0 Å². The van der Waals surface area contributed by atoms with Gasteiger partial charge in [-0.2, -0.15) is 0 Å². The SMILES string of the molecule is CC(C)(C)OC(=O)NCCCNc1cc(N)cc(F)c1. The lowest BCUT2D eigenvalue weighted by Crippen LogP contribution is -2.33. The summed E-state index contributed by atoms with van der Waals surface area (Å²) in [5.41, 5.74) is 6.04. The van der Waals surface area contributed by atoms with Crippen molar-refractivity contribution in [3.8, 4) is 0 Å². The Kier molecular flexibility index (Phi) is 5.61. The van der Waals surface area contributed by atoms with Gasteiger partial charge in [-0.25, -0.2) is 9.18 Å². The minimum atomic E-state index is -0.499. The highest BCUT2D eigenvalue weighted by molar-refractivity contribution is 5.67. The third kappa shape index (κ3) is 6.82. The van der Waals surface area contributed by atoms with Crippen LogP contribution in [-0.2, 0) is 4.74 Å². The summed E-state index contributed by atoms with van der Waals surface area (Å²) in [6.07, 6.45) is 0.253. The molecule has 1 aromatic rings. The molecule has 0 saturated carbocycles. The summed E-state index contributed by atoms with van der Waals surface area (Å²) in [5, 5.41) is 5.68. The average molecular weight is 283 g/mol. The fourth-order valence-electron chi connectivity index (χ4n) is 1.54. The third-order valence-electron chi connectivity index (χ3n) is 2.27. The van der Waals surface area contributed by atoms with Crippen LogP contribution in [0.15, 0.2) is 18.2 Å². The smallest absolute Gasteiger partial charge is 0.407 e. The highest BCUT2D eigenvalue weighted by Gasteiger charge is 2.15. The van der Waals surface area contributed by atoms with E-state index in [4.69, 9.17) is 10.5 Å². The number of hydrogen-bond acceptors (Lipinski definition) is 4. The fourth-order valence-corrected chi connectivity index (χ4v) is 1.54. The van der Waals surface area contributed by atoms with Gasteiger partial charge in [-0.1, -0.05) is 0 Å². The number of halogens is 1. The van der Waals surface area contributed by atoms with Crippen molar-refractivity contribution < 1.29 is 13.9 Å². The molecule has 0 heterocycles. The van der Waals surface area contributed by atoms with E-state index in [1.54, 1.807) is 6.07 Å². The first-order valence-corrected chi connectivity index (χ1v) is 6.53. The normalized spacial score (nSPS) is 11.0. The van der Waals surface area contributed by atoms with Gasteiger partial charge in [0.25, 0.3) is 0 Å². The Morgan fingerprint density at radius 2 is 2.00 bits per heavy atom. The van der Waals surface area contributed by atoms with Crippen molar-refractivity contribution in [1.82, 2.24) is 5.32 Å². The van der Waals surface area contributed by atoms with E-state index in [-0.39, 0.29) is 5.82 Å². The number of nitrogens with one attached hydrogen (secondary N) is 2. The van der Waals surface area contributed by atoms with Gasteiger partial charge in [0, 0.05) is 24.5 Å². The predicted octanol–water partition coefficient (Wildman–Crippen LogP) is 2.73. The van der Waals surface area contributed by atoms with Crippen molar-refractivity contribution >= 4 is 17.5 Å². The molecule has 4 N–H and O–H groups in total. The predicted molar refractivity (Wildman–Crippen MR) is 78.2 cm³/mol. The molecule has 1 amide bonds. The fraction of sp³-hybridized carbons (Fsp3) is 0.500. The molecular weight excluding hydrogens is 261 g/mol. The van der Waals surface area contributed by atoms with Crippen LogP contribution in [-0.4, -0.2) is 24.8 Å². The molecule has 0 aliphatic rings. The highest BCUT2D eigenvalue weighted by Crippen LogP contribution is 2.15. The van der Waals surface area contributed by atoms with Crippen molar-refractivity contribution in [2.24, 2.45) is 0 Å². The van der Waals surface area contributed by atoms with Gasteiger partial charge in [0.05, 0.1) is 0 Å². The largest absolute Gasteiger partial charge is 0.444 e. The van der Waals surface area contributed by atoms with E-state index in [1.165, 1.54) is 12.1 Å². The Labute approximate surface area is 118 Å². The summed E-state index contributed by atoms with van der Waals surface area (Å²) < 4.78 is 18.2. The van der Waals surface area contributed by atoms with Gasteiger partial charge >= 0.3 is 6.09 Å². The lowest BCUT2D eigenvalue weighted by Gasteiger charge is -2.19.